The molecule has 0 radical (unpaired) electrons. The van der Waals surface area contributed by atoms with Gasteiger partial charge in [-0.1, -0.05) is 6.08 Å². The highest BCUT2D eigenvalue weighted by atomic mass is 19.2. The minimum atomic E-state index is -0.969. The van der Waals surface area contributed by atoms with E-state index in [2.05, 4.69) is 9.97 Å². The van der Waals surface area contributed by atoms with E-state index in [-0.39, 0.29) is 12.3 Å². The van der Waals surface area contributed by atoms with E-state index in [1.807, 2.05) is 17.0 Å². The van der Waals surface area contributed by atoms with Crippen molar-refractivity contribution in [3.63, 3.8) is 0 Å². The number of methoxy groups -OCH3 is 1. The first kappa shape index (κ1) is 19.1. The Kier molecular flexibility index (Phi) is 5.02. The Labute approximate surface area is 165 Å². The molecule has 6 nitrogen and oxygen atoms in total. The normalized spacial score (nSPS) is 14.8. The third kappa shape index (κ3) is 3.71. The van der Waals surface area contributed by atoms with Crippen LogP contribution in [0.1, 0.15) is 12.1 Å². The average Bonchev–Trinajstić information content (AvgIpc) is 3.14. The lowest BCUT2D eigenvalue weighted by molar-refractivity contribution is -0.138. The van der Waals surface area contributed by atoms with Gasteiger partial charge in [0.1, 0.15) is 11.4 Å². The van der Waals surface area contributed by atoms with E-state index in [9.17, 15) is 13.6 Å². The highest BCUT2D eigenvalue weighted by Crippen LogP contribution is 2.37. The number of carboxylic acid groups (broad SMARTS) is 1. The van der Waals surface area contributed by atoms with Crippen LogP contribution in [0.3, 0.4) is 0 Å². The van der Waals surface area contributed by atoms with Crippen LogP contribution in [0, 0.1) is 11.6 Å². The van der Waals surface area contributed by atoms with Gasteiger partial charge < -0.3 is 14.8 Å². The SMILES string of the molecule is COc1cc(F)c(F)cc1-c1ccnc2[nH]c(C3=CCN(CC(=O)O)CC3)cc12. The van der Waals surface area contributed by atoms with Gasteiger partial charge in [0, 0.05) is 42.0 Å². The average molecular weight is 399 g/mol. The lowest BCUT2D eigenvalue weighted by atomic mass is 10.0. The minimum Gasteiger partial charge on any atom is -0.496 e. The highest BCUT2D eigenvalue weighted by molar-refractivity contribution is 5.96. The molecule has 0 fully saturated rings. The van der Waals surface area contributed by atoms with Crippen molar-refractivity contribution in [1.82, 2.24) is 14.9 Å². The van der Waals surface area contributed by atoms with Gasteiger partial charge in [-0.2, -0.15) is 0 Å². The third-order valence-electron chi connectivity index (χ3n) is 5.06. The molecule has 8 heteroatoms. The number of fused-ring (bicyclic) bond motifs is 1. The van der Waals surface area contributed by atoms with Crippen molar-refractivity contribution in [2.24, 2.45) is 0 Å². The second-order valence-corrected chi connectivity index (χ2v) is 6.88. The van der Waals surface area contributed by atoms with Crippen LogP contribution in [0.15, 0.2) is 36.5 Å². The fourth-order valence-electron chi connectivity index (χ4n) is 3.63. The van der Waals surface area contributed by atoms with E-state index >= 15 is 0 Å². The molecule has 0 unspecified atom stereocenters. The molecule has 150 valence electrons. The summed E-state index contributed by atoms with van der Waals surface area (Å²) in [6, 6.07) is 5.82. The highest BCUT2D eigenvalue weighted by Gasteiger charge is 2.19. The summed E-state index contributed by atoms with van der Waals surface area (Å²) in [7, 11) is 1.41. The lowest BCUT2D eigenvalue weighted by Crippen LogP contribution is -2.33. The van der Waals surface area contributed by atoms with Crippen molar-refractivity contribution in [1.29, 1.82) is 0 Å². The number of hydrogen-bond donors (Lipinski definition) is 2. The van der Waals surface area contributed by atoms with Gasteiger partial charge in [0.05, 0.1) is 13.7 Å². The number of nitrogens with one attached hydrogen (secondary N) is 1. The Hall–Kier alpha value is -3.26. The second kappa shape index (κ2) is 7.63. The Bertz CT molecular complexity index is 1120. The van der Waals surface area contributed by atoms with Crippen LogP contribution in [-0.4, -0.2) is 52.7 Å². The number of aliphatic carboxylic acids is 1. The summed E-state index contributed by atoms with van der Waals surface area (Å²) in [5.41, 5.74) is 3.68. The monoisotopic (exact) mass is 399 g/mol. The number of aromatic nitrogens is 2. The summed E-state index contributed by atoms with van der Waals surface area (Å²) >= 11 is 0. The van der Waals surface area contributed by atoms with E-state index in [4.69, 9.17) is 9.84 Å². The molecule has 1 aromatic carbocycles. The summed E-state index contributed by atoms with van der Waals surface area (Å²) in [5.74, 6) is -2.53. The van der Waals surface area contributed by atoms with Crippen LogP contribution in [0.2, 0.25) is 0 Å². The van der Waals surface area contributed by atoms with Crippen LogP contribution in [-0.2, 0) is 4.79 Å². The fourth-order valence-corrected chi connectivity index (χ4v) is 3.63. The van der Waals surface area contributed by atoms with Gasteiger partial charge in [-0.15, -0.1) is 0 Å². The summed E-state index contributed by atoms with van der Waals surface area (Å²) in [5, 5.41) is 9.69. The number of H-pyrrole nitrogens is 1. The number of ether oxygens (including phenoxy) is 1. The topological polar surface area (TPSA) is 78.5 Å². The second-order valence-electron chi connectivity index (χ2n) is 6.88. The molecule has 0 atom stereocenters. The van der Waals surface area contributed by atoms with Crippen molar-refractivity contribution in [3.05, 3.63) is 53.9 Å². The molecular weight excluding hydrogens is 380 g/mol. The van der Waals surface area contributed by atoms with Crippen LogP contribution in [0.25, 0.3) is 27.7 Å². The number of halogens is 2. The van der Waals surface area contributed by atoms with Crippen molar-refractivity contribution in [2.75, 3.05) is 26.7 Å². The maximum absolute atomic E-state index is 13.9. The molecule has 29 heavy (non-hydrogen) atoms. The molecule has 2 aromatic heterocycles. The summed E-state index contributed by atoms with van der Waals surface area (Å²) in [6.45, 7) is 1.21. The van der Waals surface area contributed by atoms with Gasteiger partial charge in [-0.3, -0.25) is 9.69 Å². The quantitative estimate of drug-likeness (QED) is 0.684. The molecule has 0 saturated heterocycles. The molecule has 0 spiro atoms. The summed E-state index contributed by atoms with van der Waals surface area (Å²) in [4.78, 5) is 20.3. The van der Waals surface area contributed by atoms with Crippen LogP contribution in [0.4, 0.5) is 8.78 Å². The van der Waals surface area contributed by atoms with Gasteiger partial charge >= 0.3 is 5.97 Å². The number of aromatic amines is 1. The first-order chi connectivity index (χ1) is 14.0. The van der Waals surface area contributed by atoms with E-state index < -0.39 is 17.6 Å². The Morgan fingerprint density at radius 2 is 2.07 bits per heavy atom. The van der Waals surface area contributed by atoms with Crippen molar-refractivity contribution < 1.29 is 23.4 Å². The van der Waals surface area contributed by atoms with Crippen molar-refractivity contribution in [3.8, 4) is 16.9 Å². The number of carboxylic acids is 1. The third-order valence-corrected chi connectivity index (χ3v) is 5.06. The number of hydrogen-bond acceptors (Lipinski definition) is 4. The maximum Gasteiger partial charge on any atom is 0.317 e. The van der Waals surface area contributed by atoms with Gasteiger partial charge in [-0.25, -0.2) is 13.8 Å². The number of benzene rings is 1. The van der Waals surface area contributed by atoms with E-state index in [1.54, 1.807) is 12.3 Å². The Morgan fingerprint density at radius 1 is 1.28 bits per heavy atom. The number of carbonyl (C=O) groups is 1. The molecule has 0 bridgehead atoms. The summed E-state index contributed by atoms with van der Waals surface area (Å²) < 4.78 is 32.8. The van der Waals surface area contributed by atoms with Crippen LogP contribution >= 0.6 is 0 Å². The Balaban J connectivity index is 1.73. The molecule has 2 N–H and O–H groups in total. The largest absolute Gasteiger partial charge is 0.496 e. The van der Waals surface area contributed by atoms with Gasteiger partial charge in [0.25, 0.3) is 0 Å². The van der Waals surface area contributed by atoms with Crippen molar-refractivity contribution in [2.45, 2.75) is 6.42 Å². The summed E-state index contributed by atoms with van der Waals surface area (Å²) in [6.07, 6.45) is 4.29. The van der Waals surface area contributed by atoms with Crippen LogP contribution < -0.4 is 4.74 Å². The zero-order chi connectivity index (χ0) is 20.5. The standard InChI is InChI=1S/C21H19F2N3O3/c1-29-19-10-17(23)16(22)8-14(19)13-2-5-24-21-15(13)9-18(25-21)12-3-6-26(7-4-12)11-20(27)28/h2-3,5,8-10H,4,6-7,11H2,1H3,(H,24,25)(H,27,28). The smallest absolute Gasteiger partial charge is 0.317 e. The number of rotatable bonds is 5. The molecule has 0 saturated carbocycles. The van der Waals surface area contributed by atoms with E-state index in [0.29, 0.717) is 36.3 Å². The van der Waals surface area contributed by atoms with Gasteiger partial charge in [0.15, 0.2) is 11.6 Å². The zero-order valence-electron chi connectivity index (χ0n) is 15.7. The van der Waals surface area contributed by atoms with Crippen LogP contribution in [0.5, 0.6) is 5.75 Å². The van der Waals surface area contributed by atoms with E-state index in [0.717, 1.165) is 28.8 Å². The molecule has 1 aliphatic rings. The van der Waals surface area contributed by atoms with E-state index in [1.165, 1.54) is 7.11 Å². The predicted molar refractivity (Wildman–Crippen MR) is 105 cm³/mol. The molecule has 3 heterocycles. The first-order valence-corrected chi connectivity index (χ1v) is 9.11. The molecule has 0 amide bonds. The Morgan fingerprint density at radius 3 is 2.76 bits per heavy atom. The molecule has 1 aliphatic heterocycles. The number of pyridine rings is 1. The molecule has 0 aliphatic carbocycles. The minimum absolute atomic E-state index is 0.0120. The molecular formula is C21H19F2N3O3. The maximum atomic E-state index is 13.9. The zero-order valence-corrected chi connectivity index (χ0v) is 15.7. The molecule has 4 rings (SSSR count). The lowest BCUT2D eigenvalue weighted by Gasteiger charge is -2.24. The fraction of sp³-hybridized carbons (Fsp3) is 0.238. The predicted octanol–water partition coefficient (Wildman–Crippen LogP) is 3.69. The van der Waals surface area contributed by atoms with Gasteiger partial charge in [0.2, 0.25) is 0 Å². The molecule has 3 aromatic rings. The van der Waals surface area contributed by atoms with Gasteiger partial charge in [-0.05, 0) is 35.8 Å². The number of nitrogens with zero attached hydrogens (tertiary/aromatic N) is 2. The first-order valence-electron chi connectivity index (χ1n) is 9.11. The van der Waals surface area contributed by atoms with Crippen molar-refractivity contribution >= 4 is 22.6 Å².